The van der Waals surface area contributed by atoms with Gasteiger partial charge in [0.15, 0.2) is 0 Å². The molecule has 0 bridgehead atoms. The first-order chi connectivity index (χ1) is 10.3. The SMILES string of the molecule is CC(C)(C)c1ccc(C(=O)C(=O)NC2CCC(O)CC2)cc1. The Morgan fingerprint density at radius 2 is 1.59 bits per heavy atom. The zero-order valence-corrected chi connectivity index (χ0v) is 13.6. The number of aliphatic hydroxyl groups is 1. The molecule has 0 spiro atoms. The number of carbonyl (C=O) groups excluding carboxylic acids is 2. The summed E-state index contributed by atoms with van der Waals surface area (Å²) in [5, 5.41) is 12.2. The van der Waals surface area contributed by atoms with E-state index in [0.29, 0.717) is 18.4 Å². The van der Waals surface area contributed by atoms with E-state index in [0.717, 1.165) is 18.4 Å². The molecule has 0 saturated heterocycles. The predicted octanol–water partition coefficient (Wildman–Crippen LogP) is 2.59. The Hall–Kier alpha value is -1.68. The summed E-state index contributed by atoms with van der Waals surface area (Å²) in [6.45, 7) is 6.32. The largest absolute Gasteiger partial charge is 0.393 e. The van der Waals surface area contributed by atoms with Crippen molar-refractivity contribution in [2.45, 2.75) is 64.0 Å². The van der Waals surface area contributed by atoms with Crippen LogP contribution in [0.1, 0.15) is 62.4 Å². The maximum absolute atomic E-state index is 12.2. The summed E-state index contributed by atoms with van der Waals surface area (Å²) in [6.07, 6.45) is 2.54. The molecule has 1 fully saturated rings. The van der Waals surface area contributed by atoms with E-state index in [2.05, 4.69) is 26.1 Å². The summed E-state index contributed by atoms with van der Waals surface area (Å²) in [6, 6.07) is 7.23. The zero-order valence-electron chi connectivity index (χ0n) is 13.6. The van der Waals surface area contributed by atoms with Gasteiger partial charge in [-0.25, -0.2) is 0 Å². The van der Waals surface area contributed by atoms with Crippen molar-refractivity contribution in [3.8, 4) is 0 Å². The van der Waals surface area contributed by atoms with Gasteiger partial charge in [0.2, 0.25) is 5.78 Å². The molecule has 1 aliphatic carbocycles. The van der Waals surface area contributed by atoms with Crippen LogP contribution >= 0.6 is 0 Å². The monoisotopic (exact) mass is 303 g/mol. The molecule has 1 saturated carbocycles. The third kappa shape index (κ3) is 4.17. The molecule has 0 unspecified atom stereocenters. The van der Waals surface area contributed by atoms with Crippen LogP contribution in [0.4, 0.5) is 0 Å². The first-order valence-electron chi connectivity index (χ1n) is 7.91. The number of rotatable bonds is 3. The Kier molecular flexibility index (Phi) is 5.01. The highest BCUT2D eigenvalue weighted by Gasteiger charge is 2.24. The number of ketones is 1. The first-order valence-corrected chi connectivity index (χ1v) is 7.91. The van der Waals surface area contributed by atoms with Crippen molar-refractivity contribution < 1.29 is 14.7 Å². The average molecular weight is 303 g/mol. The smallest absolute Gasteiger partial charge is 0.292 e. The number of carbonyl (C=O) groups is 2. The molecule has 120 valence electrons. The second-order valence-electron chi connectivity index (χ2n) is 7.14. The topological polar surface area (TPSA) is 66.4 Å². The molecule has 4 heteroatoms. The van der Waals surface area contributed by atoms with Crippen molar-refractivity contribution in [3.05, 3.63) is 35.4 Å². The zero-order chi connectivity index (χ0) is 16.3. The Balaban J connectivity index is 1.97. The molecule has 1 aromatic rings. The lowest BCUT2D eigenvalue weighted by molar-refractivity contribution is -0.118. The Labute approximate surface area is 131 Å². The number of hydrogen-bond donors (Lipinski definition) is 2. The fourth-order valence-corrected chi connectivity index (χ4v) is 2.72. The quantitative estimate of drug-likeness (QED) is 0.666. The summed E-state index contributed by atoms with van der Waals surface area (Å²) in [4.78, 5) is 24.2. The third-order valence-electron chi connectivity index (χ3n) is 4.25. The Morgan fingerprint density at radius 3 is 2.09 bits per heavy atom. The molecule has 1 aromatic carbocycles. The maximum Gasteiger partial charge on any atom is 0.292 e. The van der Waals surface area contributed by atoms with Gasteiger partial charge in [-0.1, -0.05) is 45.0 Å². The van der Waals surface area contributed by atoms with Crippen LogP contribution < -0.4 is 5.32 Å². The second-order valence-corrected chi connectivity index (χ2v) is 7.14. The van der Waals surface area contributed by atoms with E-state index >= 15 is 0 Å². The van der Waals surface area contributed by atoms with Crippen molar-refractivity contribution in [1.29, 1.82) is 0 Å². The number of hydrogen-bond acceptors (Lipinski definition) is 3. The van der Waals surface area contributed by atoms with Gasteiger partial charge in [0, 0.05) is 11.6 Å². The van der Waals surface area contributed by atoms with Gasteiger partial charge in [-0.3, -0.25) is 9.59 Å². The number of nitrogens with one attached hydrogen (secondary N) is 1. The van der Waals surface area contributed by atoms with Crippen molar-refractivity contribution in [1.82, 2.24) is 5.32 Å². The van der Waals surface area contributed by atoms with E-state index in [9.17, 15) is 14.7 Å². The number of amides is 1. The third-order valence-corrected chi connectivity index (χ3v) is 4.25. The molecule has 0 radical (unpaired) electrons. The highest BCUT2D eigenvalue weighted by molar-refractivity contribution is 6.42. The fourth-order valence-electron chi connectivity index (χ4n) is 2.72. The minimum atomic E-state index is -0.551. The molecular formula is C18H25NO3. The number of benzene rings is 1. The van der Waals surface area contributed by atoms with Gasteiger partial charge in [-0.05, 0) is 36.7 Å². The van der Waals surface area contributed by atoms with Gasteiger partial charge < -0.3 is 10.4 Å². The molecule has 4 nitrogen and oxygen atoms in total. The fraction of sp³-hybridized carbons (Fsp3) is 0.556. The summed E-state index contributed by atoms with van der Waals surface area (Å²) >= 11 is 0. The van der Waals surface area contributed by atoms with Crippen LogP contribution in [0, 0.1) is 0 Å². The van der Waals surface area contributed by atoms with Gasteiger partial charge in [-0.15, -0.1) is 0 Å². The number of Topliss-reactive ketones (excluding diaryl/α,β-unsaturated/α-hetero) is 1. The van der Waals surface area contributed by atoms with E-state index < -0.39 is 11.7 Å². The van der Waals surface area contributed by atoms with E-state index in [1.807, 2.05) is 12.1 Å². The minimum absolute atomic E-state index is 0.00583. The predicted molar refractivity (Wildman–Crippen MR) is 85.9 cm³/mol. The van der Waals surface area contributed by atoms with Crippen molar-refractivity contribution in [2.75, 3.05) is 0 Å². The van der Waals surface area contributed by atoms with E-state index in [1.165, 1.54) is 0 Å². The molecule has 1 amide bonds. The second kappa shape index (κ2) is 6.61. The van der Waals surface area contributed by atoms with E-state index in [1.54, 1.807) is 12.1 Å². The summed E-state index contributed by atoms with van der Waals surface area (Å²) < 4.78 is 0. The molecule has 0 heterocycles. The van der Waals surface area contributed by atoms with Crippen molar-refractivity contribution in [2.24, 2.45) is 0 Å². The number of aliphatic hydroxyl groups excluding tert-OH is 1. The highest BCUT2D eigenvalue weighted by Crippen LogP contribution is 2.22. The highest BCUT2D eigenvalue weighted by atomic mass is 16.3. The van der Waals surface area contributed by atoms with Crippen LogP contribution in [0.3, 0.4) is 0 Å². The molecule has 1 aliphatic rings. The standard InChI is InChI=1S/C18H25NO3/c1-18(2,3)13-6-4-12(5-7-13)16(21)17(22)19-14-8-10-15(20)11-9-14/h4-7,14-15,20H,8-11H2,1-3H3,(H,19,22). The molecule has 2 N–H and O–H groups in total. The maximum atomic E-state index is 12.2. The van der Waals surface area contributed by atoms with Gasteiger partial charge in [0.25, 0.3) is 5.91 Å². The summed E-state index contributed by atoms with van der Waals surface area (Å²) in [5.74, 6) is -1.04. The van der Waals surface area contributed by atoms with Crippen LogP contribution in [-0.4, -0.2) is 28.9 Å². The lowest BCUT2D eigenvalue weighted by Gasteiger charge is -2.25. The van der Waals surface area contributed by atoms with Gasteiger partial charge >= 0.3 is 0 Å². The van der Waals surface area contributed by atoms with Gasteiger partial charge in [0.05, 0.1) is 6.10 Å². The molecule has 0 aromatic heterocycles. The normalized spacial score (nSPS) is 22.2. The van der Waals surface area contributed by atoms with E-state index in [-0.39, 0.29) is 17.6 Å². The van der Waals surface area contributed by atoms with Gasteiger partial charge in [0.1, 0.15) is 0 Å². The van der Waals surface area contributed by atoms with Crippen LogP contribution in [0.2, 0.25) is 0 Å². The Bertz CT molecular complexity index is 534. The summed E-state index contributed by atoms with van der Waals surface area (Å²) in [7, 11) is 0. The van der Waals surface area contributed by atoms with Crippen LogP contribution in [0.15, 0.2) is 24.3 Å². The van der Waals surface area contributed by atoms with E-state index in [4.69, 9.17) is 0 Å². The summed E-state index contributed by atoms with van der Waals surface area (Å²) in [5.41, 5.74) is 1.57. The van der Waals surface area contributed by atoms with Crippen LogP contribution in [0.25, 0.3) is 0 Å². The molecule has 0 atom stereocenters. The molecule has 2 rings (SSSR count). The average Bonchev–Trinajstić information content (AvgIpc) is 2.48. The first kappa shape index (κ1) is 16.7. The lowest BCUT2D eigenvalue weighted by Crippen LogP contribution is -2.41. The lowest BCUT2D eigenvalue weighted by atomic mass is 9.86. The van der Waals surface area contributed by atoms with Gasteiger partial charge in [-0.2, -0.15) is 0 Å². The van der Waals surface area contributed by atoms with Crippen molar-refractivity contribution >= 4 is 11.7 Å². The Morgan fingerprint density at radius 1 is 1.05 bits per heavy atom. The van der Waals surface area contributed by atoms with Crippen molar-refractivity contribution in [3.63, 3.8) is 0 Å². The van der Waals surface area contributed by atoms with Crippen LogP contribution in [0.5, 0.6) is 0 Å². The molecular weight excluding hydrogens is 278 g/mol. The molecule has 0 aliphatic heterocycles. The minimum Gasteiger partial charge on any atom is -0.393 e. The van der Waals surface area contributed by atoms with Crippen LogP contribution in [-0.2, 0) is 10.2 Å². The molecule has 22 heavy (non-hydrogen) atoms.